The van der Waals surface area contributed by atoms with Gasteiger partial charge < -0.3 is 9.97 Å². The number of H-pyrrole nitrogens is 2. The number of hydrogen-bond donors (Lipinski definition) is 2. The van der Waals surface area contributed by atoms with Crippen LogP contribution in [0.15, 0.2) is 27.9 Å². The van der Waals surface area contributed by atoms with Crippen molar-refractivity contribution in [1.29, 1.82) is 5.26 Å². The zero-order valence-electron chi connectivity index (χ0n) is 11.7. The number of nitrogens with one attached hydrogen (secondary N) is 2. The molecule has 0 spiro atoms. The van der Waals surface area contributed by atoms with Gasteiger partial charge >= 0.3 is 5.69 Å². The lowest BCUT2D eigenvalue weighted by molar-refractivity contribution is 0.206. The Morgan fingerprint density at radius 2 is 1.82 bits per heavy atom. The first kappa shape index (κ1) is 14.8. The Bertz CT molecular complexity index is 884. The molecule has 2 heterocycles. The van der Waals surface area contributed by atoms with E-state index in [1.165, 1.54) is 16.4 Å². The van der Waals surface area contributed by atoms with Crippen LogP contribution >= 0.6 is 0 Å². The molecule has 1 aromatic heterocycles. The van der Waals surface area contributed by atoms with E-state index in [0.29, 0.717) is 43.8 Å². The van der Waals surface area contributed by atoms with Crippen LogP contribution in [-0.4, -0.2) is 60.3 Å². The minimum Gasteiger partial charge on any atom is -0.306 e. The Hall–Kier alpha value is -2.15. The second-order valence-electron chi connectivity index (χ2n) is 5.12. The lowest BCUT2D eigenvalue weighted by Gasteiger charge is -2.32. The second-order valence-corrected chi connectivity index (χ2v) is 7.06. The summed E-state index contributed by atoms with van der Waals surface area (Å²) in [4.78, 5) is 18.5. The molecule has 1 aromatic carbocycles. The van der Waals surface area contributed by atoms with Crippen LogP contribution < -0.4 is 5.69 Å². The Morgan fingerprint density at radius 1 is 1.14 bits per heavy atom. The first-order valence-electron chi connectivity index (χ1n) is 6.82. The molecule has 1 aliphatic heterocycles. The van der Waals surface area contributed by atoms with Crippen molar-refractivity contribution < 1.29 is 8.42 Å². The first-order chi connectivity index (χ1) is 10.5. The van der Waals surface area contributed by atoms with Crippen LogP contribution in [0.3, 0.4) is 0 Å². The molecule has 0 atom stereocenters. The number of benzene rings is 1. The van der Waals surface area contributed by atoms with Gasteiger partial charge in [-0.15, -0.1) is 0 Å². The average molecular weight is 321 g/mol. The number of rotatable bonds is 3. The molecule has 8 nitrogen and oxygen atoms in total. The van der Waals surface area contributed by atoms with Crippen molar-refractivity contribution in [3.05, 3.63) is 28.7 Å². The Kier molecular flexibility index (Phi) is 3.74. The number of piperazine rings is 1. The number of aromatic amines is 2. The van der Waals surface area contributed by atoms with Crippen LogP contribution in [0.25, 0.3) is 11.0 Å². The topological polar surface area (TPSA) is 113 Å². The standard InChI is InChI=1S/C13H15N5O3S/c14-3-4-17-5-7-18(8-6-17)22(20,21)10-1-2-11-12(9-10)16-13(19)15-11/h1-2,9H,4-8H2,(H2,15,16,19). The summed E-state index contributed by atoms with van der Waals surface area (Å²) >= 11 is 0. The van der Waals surface area contributed by atoms with Crippen molar-refractivity contribution in [2.24, 2.45) is 0 Å². The Morgan fingerprint density at radius 3 is 2.50 bits per heavy atom. The summed E-state index contributed by atoms with van der Waals surface area (Å²) in [5.41, 5.74) is 0.673. The van der Waals surface area contributed by atoms with Crippen molar-refractivity contribution in [2.75, 3.05) is 32.7 Å². The first-order valence-corrected chi connectivity index (χ1v) is 8.26. The Balaban J connectivity index is 1.85. The molecule has 2 N–H and O–H groups in total. The largest absolute Gasteiger partial charge is 0.323 e. The third kappa shape index (κ3) is 2.64. The highest BCUT2D eigenvalue weighted by molar-refractivity contribution is 7.89. The fourth-order valence-corrected chi connectivity index (χ4v) is 4.00. The second kappa shape index (κ2) is 5.57. The molecule has 0 radical (unpaired) electrons. The smallest absolute Gasteiger partial charge is 0.306 e. The molecule has 1 aliphatic rings. The SMILES string of the molecule is N#CCN1CCN(S(=O)(=O)c2ccc3[nH]c(=O)[nH]c3c2)CC1. The van der Waals surface area contributed by atoms with Crippen LogP contribution in [0.1, 0.15) is 0 Å². The summed E-state index contributed by atoms with van der Waals surface area (Å²) in [6, 6.07) is 6.59. The summed E-state index contributed by atoms with van der Waals surface area (Å²) in [6.07, 6.45) is 0. The van der Waals surface area contributed by atoms with Gasteiger partial charge in [-0.3, -0.25) is 4.90 Å². The summed E-state index contributed by atoms with van der Waals surface area (Å²) < 4.78 is 26.7. The summed E-state index contributed by atoms with van der Waals surface area (Å²) in [5, 5.41) is 8.67. The van der Waals surface area contributed by atoms with Crippen molar-refractivity contribution >= 4 is 21.1 Å². The van der Waals surface area contributed by atoms with E-state index in [1.807, 2.05) is 4.90 Å². The maximum absolute atomic E-state index is 12.6. The minimum atomic E-state index is -3.59. The quantitative estimate of drug-likeness (QED) is 0.753. The van der Waals surface area contributed by atoms with E-state index >= 15 is 0 Å². The molecule has 0 unspecified atom stereocenters. The third-order valence-corrected chi connectivity index (χ3v) is 5.65. The van der Waals surface area contributed by atoms with Crippen LogP contribution in [-0.2, 0) is 10.0 Å². The van der Waals surface area contributed by atoms with E-state index in [2.05, 4.69) is 16.0 Å². The van der Waals surface area contributed by atoms with Gasteiger partial charge in [-0.2, -0.15) is 9.57 Å². The predicted molar refractivity (Wildman–Crippen MR) is 79.7 cm³/mol. The molecular formula is C13H15N5O3S. The monoisotopic (exact) mass is 321 g/mol. The molecule has 2 aromatic rings. The highest BCUT2D eigenvalue weighted by Crippen LogP contribution is 2.20. The zero-order chi connectivity index (χ0) is 15.7. The lowest BCUT2D eigenvalue weighted by atomic mass is 10.3. The maximum atomic E-state index is 12.6. The highest BCUT2D eigenvalue weighted by atomic mass is 32.2. The number of sulfonamides is 1. The van der Waals surface area contributed by atoms with Gasteiger partial charge in [0.05, 0.1) is 28.5 Å². The number of aromatic nitrogens is 2. The van der Waals surface area contributed by atoms with E-state index in [9.17, 15) is 13.2 Å². The number of imidazole rings is 1. The normalized spacial score (nSPS) is 17.6. The van der Waals surface area contributed by atoms with Gasteiger partial charge in [0.2, 0.25) is 10.0 Å². The van der Waals surface area contributed by atoms with Crippen molar-refractivity contribution in [2.45, 2.75) is 4.90 Å². The molecule has 0 aliphatic carbocycles. The van der Waals surface area contributed by atoms with Crippen molar-refractivity contribution in [1.82, 2.24) is 19.2 Å². The van der Waals surface area contributed by atoms with Gasteiger partial charge in [0.25, 0.3) is 0 Å². The van der Waals surface area contributed by atoms with E-state index in [0.717, 1.165) is 0 Å². The molecular weight excluding hydrogens is 306 g/mol. The summed E-state index contributed by atoms with van der Waals surface area (Å²) in [7, 11) is -3.59. The van der Waals surface area contributed by atoms with Crippen LogP contribution in [0.5, 0.6) is 0 Å². The molecule has 9 heteroatoms. The number of nitrogens with zero attached hydrogens (tertiary/aromatic N) is 3. The fraction of sp³-hybridized carbons (Fsp3) is 0.385. The van der Waals surface area contributed by atoms with Crippen molar-refractivity contribution in [3.8, 4) is 6.07 Å². The van der Waals surface area contributed by atoms with E-state index in [1.54, 1.807) is 6.07 Å². The molecule has 3 rings (SSSR count). The summed E-state index contributed by atoms with van der Waals surface area (Å²) in [5.74, 6) is 0. The zero-order valence-corrected chi connectivity index (χ0v) is 12.6. The lowest BCUT2D eigenvalue weighted by Crippen LogP contribution is -2.48. The molecule has 1 saturated heterocycles. The van der Waals surface area contributed by atoms with Gasteiger partial charge in [-0.05, 0) is 18.2 Å². The minimum absolute atomic E-state index is 0.156. The molecule has 0 amide bonds. The van der Waals surface area contributed by atoms with Gasteiger partial charge in [-0.1, -0.05) is 0 Å². The van der Waals surface area contributed by atoms with Crippen molar-refractivity contribution in [3.63, 3.8) is 0 Å². The molecule has 1 fully saturated rings. The average Bonchev–Trinajstić information content (AvgIpc) is 2.87. The van der Waals surface area contributed by atoms with Crippen LogP contribution in [0, 0.1) is 11.3 Å². The molecule has 0 saturated carbocycles. The van der Waals surface area contributed by atoms with Crippen LogP contribution in [0.4, 0.5) is 0 Å². The number of hydrogen-bond acceptors (Lipinski definition) is 5. The number of fused-ring (bicyclic) bond motifs is 1. The number of nitriles is 1. The Labute approximate surface area is 127 Å². The van der Waals surface area contributed by atoms with Gasteiger partial charge in [0, 0.05) is 26.2 Å². The maximum Gasteiger partial charge on any atom is 0.323 e. The summed E-state index contributed by atoms with van der Waals surface area (Å²) in [6.45, 7) is 2.09. The van der Waals surface area contributed by atoms with Gasteiger partial charge in [0.1, 0.15) is 0 Å². The van der Waals surface area contributed by atoms with E-state index in [-0.39, 0.29) is 10.6 Å². The van der Waals surface area contributed by atoms with Crippen LogP contribution in [0.2, 0.25) is 0 Å². The van der Waals surface area contributed by atoms with E-state index in [4.69, 9.17) is 5.26 Å². The highest BCUT2D eigenvalue weighted by Gasteiger charge is 2.28. The fourth-order valence-electron chi connectivity index (χ4n) is 2.55. The third-order valence-electron chi connectivity index (χ3n) is 3.75. The van der Waals surface area contributed by atoms with Gasteiger partial charge in [-0.25, -0.2) is 13.2 Å². The van der Waals surface area contributed by atoms with Gasteiger partial charge in [0.15, 0.2) is 0 Å². The predicted octanol–water partition coefficient (Wildman–Crippen LogP) is -0.314. The van der Waals surface area contributed by atoms with E-state index < -0.39 is 10.0 Å². The molecule has 116 valence electrons. The molecule has 22 heavy (non-hydrogen) atoms. The molecule has 0 bridgehead atoms.